The zero-order chi connectivity index (χ0) is 26.5. The SMILES string of the molecule is CCCCCS(=O)(=O)c1nc(-c2ccc(=O)n(Cc3ccc(OC)c(OC)c3)c2)cc(C(F)(F)F)n1. The Balaban J connectivity index is 2.05. The molecule has 8 nitrogen and oxygen atoms in total. The molecule has 2 heterocycles. The largest absolute Gasteiger partial charge is 0.493 e. The smallest absolute Gasteiger partial charge is 0.433 e. The Kier molecular flexibility index (Phi) is 8.39. The van der Waals surface area contributed by atoms with Crippen molar-refractivity contribution in [1.29, 1.82) is 0 Å². The first-order valence-electron chi connectivity index (χ1n) is 11.1. The van der Waals surface area contributed by atoms with Gasteiger partial charge in [0.2, 0.25) is 15.0 Å². The Bertz CT molecular complexity index is 1390. The van der Waals surface area contributed by atoms with E-state index in [1.807, 2.05) is 6.92 Å². The normalized spacial score (nSPS) is 11.9. The second-order valence-electron chi connectivity index (χ2n) is 8.02. The number of alkyl halides is 3. The number of methoxy groups -OCH3 is 2. The Hall–Kier alpha value is -3.41. The van der Waals surface area contributed by atoms with Crippen LogP contribution in [0.3, 0.4) is 0 Å². The molecule has 0 unspecified atom stereocenters. The van der Waals surface area contributed by atoms with Crippen LogP contribution in [0.15, 0.2) is 52.5 Å². The van der Waals surface area contributed by atoms with Gasteiger partial charge in [0.1, 0.15) is 5.69 Å². The van der Waals surface area contributed by atoms with Crippen molar-refractivity contribution in [2.45, 2.75) is 44.1 Å². The van der Waals surface area contributed by atoms with E-state index in [0.717, 1.165) is 6.42 Å². The lowest BCUT2D eigenvalue weighted by atomic mass is 10.1. The van der Waals surface area contributed by atoms with Crippen LogP contribution in [0.4, 0.5) is 13.2 Å². The van der Waals surface area contributed by atoms with E-state index in [9.17, 15) is 26.4 Å². The third-order valence-corrected chi connectivity index (χ3v) is 6.94. The summed E-state index contributed by atoms with van der Waals surface area (Å²) in [4.78, 5) is 19.7. The third kappa shape index (κ3) is 6.42. The Morgan fingerprint density at radius 1 is 0.972 bits per heavy atom. The molecule has 0 amide bonds. The Morgan fingerprint density at radius 2 is 1.69 bits per heavy atom. The molecule has 3 aromatic rings. The molecule has 0 aliphatic carbocycles. The zero-order valence-corrected chi connectivity index (χ0v) is 20.8. The summed E-state index contributed by atoms with van der Waals surface area (Å²) in [6, 6.07) is 8.20. The van der Waals surface area contributed by atoms with Gasteiger partial charge in [-0.1, -0.05) is 25.8 Å². The van der Waals surface area contributed by atoms with Gasteiger partial charge in [-0.25, -0.2) is 18.4 Å². The van der Waals surface area contributed by atoms with Crippen LogP contribution in [0.25, 0.3) is 11.3 Å². The minimum Gasteiger partial charge on any atom is -0.493 e. The molecule has 0 N–H and O–H groups in total. The molecule has 3 rings (SSSR count). The molecule has 0 atom stereocenters. The van der Waals surface area contributed by atoms with E-state index in [1.165, 1.54) is 37.1 Å². The number of halogens is 3. The van der Waals surface area contributed by atoms with E-state index in [0.29, 0.717) is 29.5 Å². The predicted molar refractivity (Wildman–Crippen MR) is 127 cm³/mol. The van der Waals surface area contributed by atoms with Crippen molar-refractivity contribution in [3.8, 4) is 22.8 Å². The topological polar surface area (TPSA) is 100 Å². The van der Waals surface area contributed by atoms with Crippen LogP contribution < -0.4 is 15.0 Å². The lowest BCUT2D eigenvalue weighted by Crippen LogP contribution is -2.20. The molecule has 0 radical (unpaired) electrons. The summed E-state index contributed by atoms with van der Waals surface area (Å²) in [5.41, 5.74) is -1.24. The van der Waals surface area contributed by atoms with Crippen molar-refractivity contribution >= 4 is 9.84 Å². The number of rotatable bonds is 10. The summed E-state index contributed by atoms with van der Waals surface area (Å²) < 4.78 is 77.8. The van der Waals surface area contributed by atoms with Crippen LogP contribution in [0.5, 0.6) is 11.5 Å². The Labute approximate surface area is 206 Å². The number of aromatic nitrogens is 3. The lowest BCUT2D eigenvalue weighted by Gasteiger charge is -2.13. The molecule has 0 aliphatic rings. The molecule has 0 bridgehead atoms. The van der Waals surface area contributed by atoms with E-state index in [1.54, 1.807) is 18.2 Å². The van der Waals surface area contributed by atoms with Gasteiger partial charge >= 0.3 is 6.18 Å². The van der Waals surface area contributed by atoms with E-state index >= 15 is 0 Å². The maximum absolute atomic E-state index is 13.6. The monoisotopic (exact) mass is 525 g/mol. The minimum atomic E-state index is -4.89. The third-order valence-electron chi connectivity index (χ3n) is 5.37. The van der Waals surface area contributed by atoms with Crippen LogP contribution in [-0.4, -0.2) is 42.9 Å². The molecule has 0 aliphatic heterocycles. The van der Waals surface area contributed by atoms with Crippen molar-refractivity contribution in [3.63, 3.8) is 0 Å². The molecular weight excluding hydrogens is 499 g/mol. The van der Waals surface area contributed by atoms with Crippen molar-refractivity contribution < 1.29 is 31.1 Å². The molecule has 36 heavy (non-hydrogen) atoms. The fourth-order valence-corrected chi connectivity index (χ4v) is 4.71. The maximum atomic E-state index is 13.6. The molecule has 0 saturated carbocycles. The number of unbranched alkanes of at least 4 members (excludes halogenated alkanes) is 2. The first kappa shape index (κ1) is 27.2. The number of pyridine rings is 1. The number of sulfone groups is 1. The van der Waals surface area contributed by atoms with Crippen LogP contribution >= 0.6 is 0 Å². The van der Waals surface area contributed by atoms with Gasteiger partial charge in [-0.05, 0) is 36.2 Å². The summed E-state index contributed by atoms with van der Waals surface area (Å²) in [5, 5.41) is -0.888. The zero-order valence-electron chi connectivity index (χ0n) is 20.0. The highest BCUT2D eigenvalue weighted by atomic mass is 32.2. The van der Waals surface area contributed by atoms with Gasteiger partial charge < -0.3 is 14.0 Å². The first-order valence-corrected chi connectivity index (χ1v) is 12.7. The van der Waals surface area contributed by atoms with Crippen LogP contribution in [0.1, 0.15) is 37.4 Å². The summed E-state index contributed by atoms with van der Waals surface area (Å²) in [7, 11) is -1.19. The highest BCUT2D eigenvalue weighted by molar-refractivity contribution is 7.91. The standard InChI is InChI=1S/C24H26F3N3O5S/c1-4-5-6-11-36(32,33)23-28-18(13-21(29-23)24(25,26)27)17-8-10-22(31)30(15-17)14-16-7-9-19(34-2)20(12-16)35-3/h7-10,12-13,15H,4-6,11,14H2,1-3H3. The fraction of sp³-hybridized carbons (Fsp3) is 0.375. The molecule has 0 spiro atoms. The van der Waals surface area contributed by atoms with Crippen molar-refractivity contribution in [2.24, 2.45) is 0 Å². The van der Waals surface area contributed by atoms with Crippen LogP contribution in [0.2, 0.25) is 0 Å². The van der Waals surface area contributed by atoms with Gasteiger partial charge in [0.25, 0.3) is 5.56 Å². The highest BCUT2D eigenvalue weighted by Gasteiger charge is 2.35. The molecule has 12 heteroatoms. The van der Waals surface area contributed by atoms with E-state index in [-0.39, 0.29) is 30.0 Å². The highest BCUT2D eigenvalue weighted by Crippen LogP contribution is 2.31. The van der Waals surface area contributed by atoms with Gasteiger partial charge in [0.15, 0.2) is 11.5 Å². The van der Waals surface area contributed by atoms with Crippen molar-refractivity contribution in [2.75, 3.05) is 20.0 Å². The number of ether oxygens (including phenoxy) is 2. The molecule has 0 fully saturated rings. The Morgan fingerprint density at radius 3 is 2.33 bits per heavy atom. The molecular formula is C24H26F3N3O5S. The molecule has 0 saturated heterocycles. The first-order chi connectivity index (χ1) is 17.0. The average Bonchev–Trinajstić information content (AvgIpc) is 2.84. The number of benzene rings is 1. The average molecular weight is 526 g/mol. The van der Waals surface area contributed by atoms with Crippen molar-refractivity contribution in [1.82, 2.24) is 14.5 Å². The van der Waals surface area contributed by atoms with Crippen LogP contribution in [0, 0.1) is 0 Å². The second kappa shape index (κ2) is 11.1. The predicted octanol–water partition coefficient (Wildman–Crippen LogP) is 4.35. The number of hydrogen-bond donors (Lipinski definition) is 0. The summed E-state index contributed by atoms with van der Waals surface area (Å²) in [5.74, 6) is 0.582. The van der Waals surface area contributed by atoms with Crippen LogP contribution in [-0.2, 0) is 22.6 Å². The van der Waals surface area contributed by atoms with E-state index in [4.69, 9.17) is 9.47 Å². The number of nitrogens with zero attached hydrogens (tertiary/aromatic N) is 3. The summed E-state index contributed by atoms with van der Waals surface area (Å²) in [6.07, 6.45) is -1.93. The maximum Gasteiger partial charge on any atom is 0.433 e. The molecule has 194 valence electrons. The van der Waals surface area contributed by atoms with Gasteiger partial charge in [-0.2, -0.15) is 13.2 Å². The fourth-order valence-electron chi connectivity index (χ4n) is 3.47. The quantitative estimate of drug-likeness (QED) is 0.287. The van der Waals surface area contributed by atoms with Gasteiger partial charge in [-0.3, -0.25) is 4.79 Å². The lowest BCUT2D eigenvalue weighted by molar-refractivity contribution is -0.141. The molecule has 1 aromatic carbocycles. The van der Waals surface area contributed by atoms with Gasteiger partial charge in [0.05, 0.1) is 32.2 Å². The molecule has 2 aromatic heterocycles. The van der Waals surface area contributed by atoms with Gasteiger partial charge in [-0.15, -0.1) is 0 Å². The van der Waals surface area contributed by atoms with E-state index in [2.05, 4.69) is 9.97 Å². The minimum absolute atomic E-state index is 0.0758. The van der Waals surface area contributed by atoms with Crippen molar-refractivity contribution in [3.05, 3.63) is 64.2 Å². The number of hydrogen-bond acceptors (Lipinski definition) is 7. The second-order valence-corrected chi connectivity index (χ2v) is 10.0. The van der Waals surface area contributed by atoms with E-state index < -0.39 is 32.4 Å². The summed E-state index contributed by atoms with van der Waals surface area (Å²) in [6.45, 7) is 1.95. The summed E-state index contributed by atoms with van der Waals surface area (Å²) >= 11 is 0. The van der Waals surface area contributed by atoms with Gasteiger partial charge in [0, 0.05) is 17.8 Å².